The second-order valence-corrected chi connectivity index (χ2v) is 7.16. The first kappa shape index (κ1) is 18.0. The Labute approximate surface area is 157 Å². The minimum atomic E-state index is -1.31. The number of hydrogen-bond acceptors (Lipinski definition) is 2. The van der Waals surface area contributed by atoms with Crippen molar-refractivity contribution in [3.05, 3.63) is 75.3 Å². The van der Waals surface area contributed by atoms with Gasteiger partial charge in [0, 0.05) is 24.1 Å². The van der Waals surface area contributed by atoms with Gasteiger partial charge in [-0.25, -0.2) is 0 Å². The molecule has 3 rings (SSSR count). The van der Waals surface area contributed by atoms with E-state index in [4.69, 9.17) is 23.2 Å². The Morgan fingerprint density at radius 2 is 1.92 bits per heavy atom. The lowest BCUT2D eigenvalue weighted by molar-refractivity contribution is -0.112. The van der Waals surface area contributed by atoms with Gasteiger partial charge < -0.3 is 10.0 Å². The highest BCUT2D eigenvalue weighted by Gasteiger charge is 2.49. The number of amides is 1. The van der Waals surface area contributed by atoms with E-state index in [0.717, 1.165) is 5.56 Å². The quantitative estimate of drug-likeness (QED) is 0.819. The van der Waals surface area contributed by atoms with Crippen LogP contribution in [0.1, 0.15) is 34.8 Å². The van der Waals surface area contributed by atoms with Crippen LogP contribution in [0.25, 0.3) is 6.08 Å². The fourth-order valence-electron chi connectivity index (χ4n) is 3.29. The van der Waals surface area contributed by atoms with Crippen LogP contribution in [-0.2, 0) is 5.72 Å². The Kier molecular flexibility index (Phi) is 4.92. The highest BCUT2D eigenvalue weighted by atomic mass is 35.5. The molecule has 0 saturated heterocycles. The third-order valence-electron chi connectivity index (χ3n) is 4.80. The monoisotopic (exact) mass is 375 g/mol. The summed E-state index contributed by atoms with van der Waals surface area (Å²) in [6, 6.07) is 12.6. The summed E-state index contributed by atoms with van der Waals surface area (Å²) in [6.07, 6.45) is 4.51. The molecular weight excluding hydrogens is 357 g/mol. The van der Waals surface area contributed by atoms with E-state index in [1.54, 1.807) is 25.2 Å². The Morgan fingerprint density at radius 1 is 1.20 bits per heavy atom. The van der Waals surface area contributed by atoms with Crippen molar-refractivity contribution in [2.75, 3.05) is 7.05 Å². The first-order valence-corrected chi connectivity index (χ1v) is 8.83. The van der Waals surface area contributed by atoms with E-state index in [1.165, 1.54) is 4.90 Å². The third-order valence-corrected chi connectivity index (χ3v) is 5.54. The molecule has 5 heteroatoms. The predicted molar refractivity (Wildman–Crippen MR) is 102 cm³/mol. The summed E-state index contributed by atoms with van der Waals surface area (Å²) in [5.41, 5.74) is 0.853. The SMILES string of the molecule is CC(CC=Cc1ccc(Cl)c(Cl)c1)C1(O)c2ccccc2C(=O)N1C. The van der Waals surface area contributed by atoms with E-state index >= 15 is 0 Å². The number of nitrogens with zero attached hydrogens (tertiary/aromatic N) is 1. The maximum Gasteiger partial charge on any atom is 0.256 e. The number of halogens is 2. The first-order valence-electron chi connectivity index (χ1n) is 8.07. The molecule has 1 aliphatic heterocycles. The number of hydrogen-bond donors (Lipinski definition) is 1. The average molecular weight is 376 g/mol. The normalized spacial score (nSPS) is 21.0. The standard InChI is InChI=1S/C20H19Cl2NO2/c1-13(6-5-7-14-10-11-17(21)18(22)12-14)20(25)16-9-4-3-8-15(16)19(24)23(20)2/h3-5,7-13,25H,6H2,1-2H3. The van der Waals surface area contributed by atoms with E-state index in [2.05, 4.69) is 0 Å². The Balaban J connectivity index is 1.81. The lowest BCUT2D eigenvalue weighted by Crippen LogP contribution is -2.45. The average Bonchev–Trinajstić information content (AvgIpc) is 2.81. The molecule has 0 aliphatic carbocycles. The van der Waals surface area contributed by atoms with Crippen molar-refractivity contribution >= 4 is 35.2 Å². The highest BCUT2D eigenvalue weighted by Crippen LogP contribution is 2.42. The molecule has 1 amide bonds. The summed E-state index contributed by atoms with van der Waals surface area (Å²) in [4.78, 5) is 13.8. The van der Waals surface area contributed by atoms with Crippen LogP contribution in [0.5, 0.6) is 0 Å². The molecule has 0 spiro atoms. The van der Waals surface area contributed by atoms with Gasteiger partial charge >= 0.3 is 0 Å². The molecule has 0 fully saturated rings. The van der Waals surface area contributed by atoms with Crippen LogP contribution in [-0.4, -0.2) is 23.0 Å². The number of aliphatic hydroxyl groups is 1. The van der Waals surface area contributed by atoms with E-state index in [-0.39, 0.29) is 11.8 Å². The second kappa shape index (κ2) is 6.83. The number of benzene rings is 2. The van der Waals surface area contributed by atoms with Crippen molar-refractivity contribution in [1.82, 2.24) is 4.90 Å². The molecule has 0 radical (unpaired) electrons. The van der Waals surface area contributed by atoms with E-state index < -0.39 is 5.72 Å². The molecule has 0 aromatic heterocycles. The van der Waals surface area contributed by atoms with Gasteiger partial charge in [-0.15, -0.1) is 0 Å². The molecule has 2 aromatic carbocycles. The fraction of sp³-hybridized carbons (Fsp3) is 0.250. The van der Waals surface area contributed by atoms with Gasteiger partial charge in [0.1, 0.15) is 0 Å². The zero-order valence-corrected chi connectivity index (χ0v) is 15.6. The van der Waals surface area contributed by atoms with Gasteiger partial charge in [0.2, 0.25) is 0 Å². The Morgan fingerprint density at radius 3 is 2.64 bits per heavy atom. The maximum absolute atomic E-state index is 12.4. The summed E-state index contributed by atoms with van der Waals surface area (Å²) < 4.78 is 0. The molecule has 0 saturated carbocycles. The lowest BCUT2D eigenvalue weighted by atomic mass is 9.87. The van der Waals surface area contributed by atoms with Crippen LogP contribution in [0, 0.1) is 5.92 Å². The van der Waals surface area contributed by atoms with Gasteiger partial charge in [-0.2, -0.15) is 0 Å². The number of fused-ring (bicyclic) bond motifs is 1. The molecule has 1 N–H and O–H groups in total. The van der Waals surface area contributed by atoms with Crippen molar-refractivity contribution in [3.63, 3.8) is 0 Å². The van der Waals surface area contributed by atoms with Crippen LogP contribution in [0.15, 0.2) is 48.5 Å². The molecule has 3 nitrogen and oxygen atoms in total. The van der Waals surface area contributed by atoms with Crippen LogP contribution < -0.4 is 0 Å². The molecule has 2 atom stereocenters. The lowest BCUT2D eigenvalue weighted by Gasteiger charge is -2.36. The number of carbonyl (C=O) groups is 1. The van der Waals surface area contributed by atoms with Gasteiger partial charge in [-0.3, -0.25) is 4.79 Å². The number of rotatable bonds is 4. The van der Waals surface area contributed by atoms with Crippen molar-refractivity contribution in [2.45, 2.75) is 19.1 Å². The van der Waals surface area contributed by atoms with Gasteiger partial charge in [0.05, 0.1) is 10.0 Å². The Hall–Kier alpha value is -1.81. The van der Waals surface area contributed by atoms with Crippen molar-refractivity contribution in [1.29, 1.82) is 0 Å². The summed E-state index contributed by atoms with van der Waals surface area (Å²) >= 11 is 11.9. The predicted octanol–water partition coefficient (Wildman–Crippen LogP) is 4.96. The highest BCUT2D eigenvalue weighted by molar-refractivity contribution is 6.42. The Bertz CT molecular complexity index is 849. The molecular formula is C20H19Cl2NO2. The summed E-state index contributed by atoms with van der Waals surface area (Å²) in [7, 11) is 1.64. The first-order chi connectivity index (χ1) is 11.9. The zero-order chi connectivity index (χ0) is 18.2. The third kappa shape index (κ3) is 3.08. The van der Waals surface area contributed by atoms with Crippen molar-refractivity contribution < 1.29 is 9.90 Å². The van der Waals surface area contributed by atoms with Crippen molar-refractivity contribution in [3.8, 4) is 0 Å². The fourth-order valence-corrected chi connectivity index (χ4v) is 3.60. The molecule has 1 aliphatic rings. The summed E-state index contributed by atoms with van der Waals surface area (Å²) in [6.45, 7) is 1.94. The summed E-state index contributed by atoms with van der Waals surface area (Å²) in [5.74, 6) is -0.331. The number of carbonyl (C=O) groups excluding carboxylic acids is 1. The van der Waals surface area contributed by atoms with Crippen LogP contribution in [0.2, 0.25) is 10.0 Å². The topological polar surface area (TPSA) is 40.5 Å². The van der Waals surface area contributed by atoms with Crippen LogP contribution >= 0.6 is 23.2 Å². The van der Waals surface area contributed by atoms with E-state index in [1.807, 2.05) is 43.3 Å². The molecule has 130 valence electrons. The molecule has 1 heterocycles. The smallest absolute Gasteiger partial charge is 0.256 e. The molecule has 2 unspecified atom stereocenters. The van der Waals surface area contributed by atoms with Gasteiger partial charge in [0.15, 0.2) is 5.72 Å². The largest absolute Gasteiger partial charge is 0.366 e. The van der Waals surface area contributed by atoms with Crippen molar-refractivity contribution in [2.24, 2.45) is 5.92 Å². The molecule has 25 heavy (non-hydrogen) atoms. The van der Waals surface area contributed by atoms with Gasteiger partial charge in [-0.05, 0) is 30.2 Å². The molecule has 0 bridgehead atoms. The zero-order valence-electron chi connectivity index (χ0n) is 14.0. The van der Waals surface area contributed by atoms with E-state index in [9.17, 15) is 9.90 Å². The van der Waals surface area contributed by atoms with Gasteiger partial charge in [-0.1, -0.05) is 66.5 Å². The van der Waals surface area contributed by atoms with E-state index in [0.29, 0.717) is 27.6 Å². The minimum absolute atomic E-state index is 0.154. The van der Waals surface area contributed by atoms with Crippen LogP contribution in [0.3, 0.4) is 0 Å². The number of allylic oxidation sites excluding steroid dienone is 1. The summed E-state index contributed by atoms with van der Waals surface area (Å²) in [5, 5.41) is 12.3. The second-order valence-electron chi connectivity index (χ2n) is 6.35. The van der Waals surface area contributed by atoms with Crippen LogP contribution in [0.4, 0.5) is 0 Å². The minimum Gasteiger partial charge on any atom is -0.366 e. The maximum atomic E-state index is 12.4. The molecule has 2 aromatic rings. The van der Waals surface area contributed by atoms with Gasteiger partial charge in [0.25, 0.3) is 5.91 Å².